The Hall–Kier alpha value is -2.42. The summed E-state index contributed by atoms with van der Waals surface area (Å²) in [5.74, 6) is 0.547. The maximum atomic E-state index is 12.1. The van der Waals surface area contributed by atoms with Gasteiger partial charge in [0.2, 0.25) is 5.75 Å². The Kier molecular flexibility index (Phi) is 5.66. The van der Waals surface area contributed by atoms with Gasteiger partial charge in [-0.3, -0.25) is 4.79 Å². The molecule has 6 nitrogen and oxygen atoms in total. The molecule has 0 aliphatic heterocycles. The van der Waals surface area contributed by atoms with Gasteiger partial charge in [-0.25, -0.2) is 0 Å². The van der Waals surface area contributed by atoms with Crippen molar-refractivity contribution >= 4 is 5.91 Å². The number of amides is 1. The van der Waals surface area contributed by atoms with Crippen LogP contribution in [0.3, 0.4) is 0 Å². The van der Waals surface area contributed by atoms with Gasteiger partial charge in [-0.15, -0.1) is 0 Å². The average Bonchev–Trinajstić information content (AvgIpc) is 2.50. The van der Waals surface area contributed by atoms with E-state index in [1.54, 1.807) is 19.1 Å². The van der Waals surface area contributed by atoms with Gasteiger partial charge in [0.15, 0.2) is 11.5 Å². The summed E-state index contributed by atoms with van der Waals surface area (Å²) in [6.45, 7) is 2.00. The monoisotopic (exact) mass is 278 g/mol. The number of nitriles is 1. The van der Waals surface area contributed by atoms with E-state index in [0.29, 0.717) is 22.8 Å². The number of carbonyl (C=O) groups excluding carboxylic acids is 1. The standard InChI is InChI=1S/C14H18N2O4/c1-9(7-15)8-16-14(17)10-5-6-11(18-2)13(20-4)12(10)19-3/h5-6,9H,8H2,1-4H3,(H,16,17). The van der Waals surface area contributed by atoms with Crippen LogP contribution >= 0.6 is 0 Å². The third-order valence-corrected chi connectivity index (χ3v) is 2.74. The number of rotatable bonds is 6. The molecule has 1 atom stereocenters. The van der Waals surface area contributed by atoms with Crippen LogP contribution in [0.15, 0.2) is 12.1 Å². The van der Waals surface area contributed by atoms with Gasteiger partial charge in [-0.2, -0.15) is 5.26 Å². The number of ether oxygens (including phenoxy) is 3. The molecule has 0 aliphatic carbocycles. The first-order valence-corrected chi connectivity index (χ1v) is 6.05. The minimum absolute atomic E-state index is 0.259. The van der Waals surface area contributed by atoms with Gasteiger partial charge >= 0.3 is 0 Å². The predicted molar refractivity (Wildman–Crippen MR) is 73.2 cm³/mol. The number of carbonyl (C=O) groups is 1. The molecular weight excluding hydrogens is 260 g/mol. The Morgan fingerprint density at radius 1 is 1.25 bits per heavy atom. The van der Waals surface area contributed by atoms with E-state index >= 15 is 0 Å². The van der Waals surface area contributed by atoms with E-state index in [4.69, 9.17) is 19.5 Å². The molecule has 0 heterocycles. The second-order valence-electron chi connectivity index (χ2n) is 4.12. The molecule has 20 heavy (non-hydrogen) atoms. The minimum Gasteiger partial charge on any atom is -0.493 e. The highest BCUT2D eigenvalue weighted by atomic mass is 16.5. The van der Waals surface area contributed by atoms with Crippen molar-refractivity contribution in [2.75, 3.05) is 27.9 Å². The van der Waals surface area contributed by atoms with Gasteiger partial charge in [0, 0.05) is 6.54 Å². The van der Waals surface area contributed by atoms with Crippen LogP contribution in [0.5, 0.6) is 17.2 Å². The molecule has 1 N–H and O–H groups in total. The van der Waals surface area contributed by atoms with Crippen LogP contribution in [0, 0.1) is 17.2 Å². The van der Waals surface area contributed by atoms with Gasteiger partial charge in [0.1, 0.15) is 0 Å². The van der Waals surface area contributed by atoms with E-state index in [9.17, 15) is 4.79 Å². The van der Waals surface area contributed by atoms with Crippen molar-refractivity contribution in [1.82, 2.24) is 5.32 Å². The highest BCUT2D eigenvalue weighted by Crippen LogP contribution is 2.39. The van der Waals surface area contributed by atoms with Crippen molar-refractivity contribution in [2.24, 2.45) is 5.92 Å². The molecule has 108 valence electrons. The maximum Gasteiger partial charge on any atom is 0.255 e. The first-order valence-electron chi connectivity index (χ1n) is 6.05. The Morgan fingerprint density at radius 3 is 2.40 bits per heavy atom. The molecule has 1 aromatic rings. The highest BCUT2D eigenvalue weighted by Gasteiger charge is 2.20. The molecule has 1 rings (SSSR count). The molecule has 0 saturated heterocycles. The lowest BCUT2D eigenvalue weighted by Gasteiger charge is -2.15. The zero-order valence-electron chi connectivity index (χ0n) is 12.0. The zero-order chi connectivity index (χ0) is 15.1. The lowest BCUT2D eigenvalue weighted by molar-refractivity contribution is 0.0947. The highest BCUT2D eigenvalue weighted by molar-refractivity contribution is 5.98. The lowest BCUT2D eigenvalue weighted by atomic mass is 10.1. The summed E-state index contributed by atoms with van der Waals surface area (Å²) >= 11 is 0. The molecule has 0 spiro atoms. The molecule has 0 radical (unpaired) electrons. The summed E-state index contributed by atoms with van der Waals surface area (Å²) in [5.41, 5.74) is 0.329. The summed E-state index contributed by atoms with van der Waals surface area (Å²) in [6.07, 6.45) is 0. The third-order valence-electron chi connectivity index (χ3n) is 2.74. The van der Waals surface area contributed by atoms with Crippen molar-refractivity contribution in [3.8, 4) is 23.3 Å². The van der Waals surface area contributed by atoms with Gasteiger partial charge in [0.05, 0.1) is 38.9 Å². The number of hydrogen-bond donors (Lipinski definition) is 1. The van der Waals surface area contributed by atoms with Crippen molar-refractivity contribution in [1.29, 1.82) is 5.26 Å². The van der Waals surface area contributed by atoms with Crippen LogP contribution in [0.25, 0.3) is 0 Å². The second-order valence-corrected chi connectivity index (χ2v) is 4.12. The fourth-order valence-corrected chi connectivity index (χ4v) is 1.67. The van der Waals surface area contributed by atoms with Gasteiger partial charge in [-0.1, -0.05) is 0 Å². The van der Waals surface area contributed by atoms with Crippen LogP contribution in [0.1, 0.15) is 17.3 Å². The van der Waals surface area contributed by atoms with Gasteiger partial charge in [0.25, 0.3) is 5.91 Å². The van der Waals surface area contributed by atoms with E-state index in [0.717, 1.165) is 0 Å². The molecular formula is C14H18N2O4. The summed E-state index contributed by atoms with van der Waals surface area (Å²) in [4.78, 5) is 12.1. The minimum atomic E-state index is -0.329. The normalized spacial score (nSPS) is 11.2. The summed E-state index contributed by atoms with van der Waals surface area (Å²) < 4.78 is 15.6. The lowest BCUT2D eigenvalue weighted by Crippen LogP contribution is -2.28. The molecule has 0 bridgehead atoms. The summed E-state index contributed by atoms with van der Waals surface area (Å²) in [7, 11) is 4.43. The van der Waals surface area contributed by atoms with Crippen LogP contribution in [0.4, 0.5) is 0 Å². The Bertz CT molecular complexity index is 523. The van der Waals surface area contributed by atoms with E-state index in [-0.39, 0.29) is 18.4 Å². The quantitative estimate of drug-likeness (QED) is 0.855. The Labute approximate surface area is 118 Å². The van der Waals surface area contributed by atoms with Crippen molar-refractivity contribution in [2.45, 2.75) is 6.92 Å². The molecule has 0 aliphatic rings. The Morgan fingerprint density at radius 2 is 1.90 bits per heavy atom. The van der Waals surface area contributed by atoms with E-state index in [1.807, 2.05) is 0 Å². The fourth-order valence-electron chi connectivity index (χ4n) is 1.67. The molecule has 0 aromatic heterocycles. The van der Waals surface area contributed by atoms with Gasteiger partial charge < -0.3 is 19.5 Å². The summed E-state index contributed by atoms with van der Waals surface area (Å²) in [6, 6.07) is 5.27. The topological polar surface area (TPSA) is 80.6 Å². The number of nitrogens with one attached hydrogen (secondary N) is 1. The van der Waals surface area contributed by atoms with Gasteiger partial charge in [-0.05, 0) is 19.1 Å². The first-order chi connectivity index (χ1) is 9.58. The van der Waals surface area contributed by atoms with E-state index in [2.05, 4.69) is 11.4 Å². The van der Waals surface area contributed by atoms with Crippen LogP contribution in [-0.2, 0) is 0 Å². The van der Waals surface area contributed by atoms with Crippen LogP contribution in [-0.4, -0.2) is 33.8 Å². The van der Waals surface area contributed by atoms with Crippen LogP contribution < -0.4 is 19.5 Å². The number of methoxy groups -OCH3 is 3. The molecule has 1 unspecified atom stereocenters. The molecule has 1 aromatic carbocycles. The first kappa shape index (κ1) is 15.6. The fraction of sp³-hybridized carbons (Fsp3) is 0.429. The maximum absolute atomic E-state index is 12.1. The second kappa shape index (κ2) is 7.24. The molecule has 0 fully saturated rings. The van der Waals surface area contributed by atoms with Crippen molar-refractivity contribution in [3.63, 3.8) is 0 Å². The SMILES string of the molecule is COc1ccc(C(=O)NCC(C)C#N)c(OC)c1OC. The smallest absolute Gasteiger partial charge is 0.255 e. The van der Waals surface area contributed by atoms with E-state index < -0.39 is 0 Å². The number of nitrogens with zero attached hydrogens (tertiary/aromatic N) is 1. The molecule has 0 saturated carbocycles. The molecule has 1 amide bonds. The largest absolute Gasteiger partial charge is 0.493 e. The summed E-state index contributed by atoms with van der Waals surface area (Å²) in [5, 5.41) is 11.4. The van der Waals surface area contributed by atoms with Crippen molar-refractivity contribution < 1.29 is 19.0 Å². The predicted octanol–water partition coefficient (Wildman–Crippen LogP) is 1.60. The average molecular weight is 278 g/mol. The Balaban J connectivity index is 3.06. The molecule has 6 heteroatoms. The number of benzene rings is 1. The van der Waals surface area contributed by atoms with Crippen molar-refractivity contribution in [3.05, 3.63) is 17.7 Å². The van der Waals surface area contributed by atoms with E-state index in [1.165, 1.54) is 21.3 Å². The number of hydrogen-bond acceptors (Lipinski definition) is 5. The zero-order valence-corrected chi connectivity index (χ0v) is 12.0. The third kappa shape index (κ3) is 3.32. The van der Waals surface area contributed by atoms with Crippen LogP contribution in [0.2, 0.25) is 0 Å².